The number of benzene rings is 1. The van der Waals surface area contributed by atoms with Crippen molar-refractivity contribution < 1.29 is 27.6 Å². The van der Waals surface area contributed by atoms with Crippen LogP contribution < -0.4 is 14.0 Å². The minimum absolute atomic E-state index is 0.859. The molecule has 1 unspecified atom stereocenters. The van der Waals surface area contributed by atoms with Crippen LogP contribution in [0.5, 0.6) is 0 Å². The Hall–Kier alpha value is -0.781. The average Bonchev–Trinajstić information content (AvgIpc) is 2.61. The van der Waals surface area contributed by atoms with Crippen LogP contribution in [0.3, 0.4) is 0 Å². The zero-order valence-corrected chi connectivity index (χ0v) is 16.4. The van der Waals surface area contributed by atoms with Crippen molar-refractivity contribution in [2.75, 3.05) is 0 Å². The van der Waals surface area contributed by atoms with Gasteiger partial charge in [-0.3, -0.25) is 0 Å². The Labute approximate surface area is 154 Å². The van der Waals surface area contributed by atoms with Gasteiger partial charge >= 0.3 is 154 Å². The van der Waals surface area contributed by atoms with Gasteiger partial charge in [0, 0.05) is 0 Å². The van der Waals surface area contributed by atoms with Crippen molar-refractivity contribution in [2.24, 2.45) is 0 Å². The number of halogens is 1. The third kappa shape index (κ3) is 3.56. The molecule has 4 nitrogen and oxygen atoms in total. The molecule has 134 valence electrons. The molecular formula is C19H21ClO4Se. The molecule has 25 heavy (non-hydrogen) atoms. The molecule has 0 N–H and O–H groups in total. The maximum absolute atomic E-state index is 11.4. The van der Waals surface area contributed by atoms with Crippen LogP contribution in [0.4, 0.5) is 0 Å². The standard InChI is InChI=1S/C19H21ClO4Se/c21-20(22,23)24-25-17-12-6-4-10-15(17)19(14-8-2-1-3-9-14)16-11-5-7-13-18(16)25/h1-3,8-9H,4-7,10-13H2. The van der Waals surface area contributed by atoms with Crippen molar-refractivity contribution in [3.8, 4) is 0 Å². The molecule has 0 aromatic heterocycles. The van der Waals surface area contributed by atoms with E-state index in [1.807, 2.05) is 18.2 Å². The van der Waals surface area contributed by atoms with Gasteiger partial charge in [0.1, 0.15) is 0 Å². The van der Waals surface area contributed by atoms with Crippen LogP contribution in [0.25, 0.3) is 5.57 Å². The van der Waals surface area contributed by atoms with E-state index in [1.165, 1.54) is 22.3 Å². The van der Waals surface area contributed by atoms with E-state index in [2.05, 4.69) is 12.1 Å². The summed E-state index contributed by atoms with van der Waals surface area (Å²) in [6.45, 7) is 0. The molecule has 0 bridgehead atoms. The summed E-state index contributed by atoms with van der Waals surface area (Å²) in [4.78, 5) is 0. The number of hydrogen-bond donors (Lipinski definition) is 0. The predicted octanol–water partition coefficient (Wildman–Crippen LogP) is 1.10. The van der Waals surface area contributed by atoms with Gasteiger partial charge in [0.05, 0.1) is 0 Å². The van der Waals surface area contributed by atoms with Crippen LogP contribution in [0, 0.1) is 10.2 Å². The summed E-state index contributed by atoms with van der Waals surface area (Å²) in [6, 6.07) is 10.4. The van der Waals surface area contributed by atoms with E-state index in [4.69, 9.17) is 3.37 Å². The van der Waals surface area contributed by atoms with E-state index >= 15 is 0 Å². The van der Waals surface area contributed by atoms with Crippen LogP contribution in [-0.2, 0) is 3.37 Å². The Kier molecular flexibility index (Phi) is 5.00. The van der Waals surface area contributed by atoms with Crippen LogP contribution in [0.1, 0.15) is 56.9 Å². The second-order valence-electron chi connectivity index (χ2n) is 6.67. The van der Waals surface area contributed by atoms with Gasteiger partial charge in [-0.05, 0) is 0 Å². The Balaban J connectivity index is 1.95. The number of rotatable bonds is 3. The van der Waals surface area contributed by atoms with Crippen LogP contribution in [0.2, 0.25) is 0 Å². The van der Waals surface area contributed by atoms with Crippen molar-refractivity contribution in [2.45, 2.75) is 51.4 Å². The van der Waals surface area contributed by atoms with Crippen molar-refractivity contribution in [3.63, 3.8) is 0 Å². The van der Waals surface area contributed by atoms with Gasteiger partial charge in [-0.2, -0.15) is 0 Å². The molecule has 4 rings (SSSR count). The molecule has 2 aliphatic carbocycles. The Morgan fingerprint density at radius 2 is 1.44 bits per heavy atom. The van der Waals surface area contributed by atoms with Gasteiger partial charge in [0.25, 0.3) is 0 Å². The van der Waals surface area contributed by atoms with Crippen molar-refractivity contribution in [1.29, 1.82) is 0 Å². The molecule has 0 spiro atoms. The average molecular weight is 428 g/mol. The molecule has 1 aliphatic heterocycles. The fraction of sp³-hybridized carbons (Fsp3) is 0.421. The first kappa shape index (κ1) is 17.6. The van der Waals surface area contributed by atoms with E-state index in [9.17, 15) is 14.0 Å². The Morgan fingerprint density at radius 3 is 2.16 bits per heavy atom. The summed E-state index contributed by atoms with van der Waals surface area (Å²) >= 11 is -2.20. The zero-order chi connectivity index (χ0) is 17.4. The second-order valence-corrected chi connectivity index (χ2v) is 11.5. The Bertz CT molecular complexity index is 774. The van der Waals surface area contributed by atoms with E-state index < -0.39 is 24.0 Å². The van der Waals surface area contributed by atoms with E-state index in [0.29, 0.717) is 0 Å². The summed E-state index contributed by atoms with van der Waals surface area (Å²) in [5, 5.41) is 0. The molecule has 0 saturated heterocycles. The molecule has 6 heteroatoms. The van der Waals surface area contributed by atoms with Crippen LogP contribution >= 0.6 is 0 Å². The molecule has 0 amide bonds. The number of hydrogen-bond acceptors (Lipinski definition) is 4. The van der Waals surface area contributed by atoms with Crippen molar-refractivity contribution in [1.82, 2.24) is 0 Å². The predicted molar refractivity (Wildman–Crippen MR) is 89.2 cm³/mol. The third-order valence-corrected chi connectivity index (χ3v) is 10.9. The topological polar surface area (TPSA) is 78.4 Å². The minimum atomic E-state index is -4.38. The van der Waals surface area contributed by atoms with Gasteiger partial charge in [-0.1, -0.05) is 0 Å². The quantitative estimate of drug-likeness (QED) is 0.677. The van der Waals surface area contributed by atoms with Gasteiger partial charge in [0.15, 0.2) is 0 Å². The normalized spacial score (nSPS) is 24.3. The summed E-state index contributed by atoms with van der Waals surface area (Å²) in [5.41, 5.74) is 5.04. The molecular weight excluding hydrogens is 407 g/mol. The van der Waals surface area contributed by atoms with Gasteiger partial charge in [-0.15, -0.1) is 0 Å². The molecule has 3 aliphatic rings. The van der Waals surface area contributed by atoms with E-state index in [1.54, 1.807) is 0 Å². The van der Waals surface area contributed by atoms with E-state index in [-0.39, 0.29) is 0 Å². The second kappa shape index (κ2) is 7.09. The van der Waals surface area contributed by atoms with Crippen LogP contribution in [0.15, 0.2) is 45.9 Å². The van der Waals surface area contributed by atoms with Gasteiger partial charge in [-0.25, -0.2) is 0 Å². The zero-order valence-electron chi connectivity index (χ0n) is 14.0. The first-order chi connectivity index (χ1) is 12.0. The van der Waals surface area contributed by atoms with Crippen LogP contribution in [-0.4, -0.2) is 18.2 Å². The fourth-order valence-corrected chi connectivity index (χ4v) is 10.2. The maximum atomic E-state index is 11.4. The molecule has 1 fully saturated rings. The number of fused-ring (bicyclic) bond motifs is 1. The number of allylic oxidation sites excluding steroid dienone is 4. The first-order valence-electron chi connectivity index (χ1n) is 8.77. The molecule has 1 atom stereocenters. The summed E-state index contributed by atoms with van der Waals surface area (Å²) in [6.07, 6.45) is 7.93. The fourth-order valence-electron chi connectivity index (χ4n) is 4.13. The SMILES string of the molecule is [O-][Cl+3]([O-])([O-])O[Se]1=C2CCCCC2=C(c2ccccc2)C2=C1CCCC2. The summed E-state index contributed by atoms with van der Waals surface area (Å²) in [5.74, 6) is 0. The van der Waals surface area contributed by atoms with Gasteiger partial charge < -0.3 is 0 Å². The Morgan fingerprint density at radius 1 is 0.800 bits per heavy atom. The molecule has 0 radical (unpaired) electrons. The summed E-state index contributed by atoms with van der Waals surface area (Å²) in [7, 11) is -4.38. The third-order valence-electron chi connectivity index (χ3n) is 5.09. The van der Waals surface area contributed by atoms with Gasteiger partial charge in [0.2, 0.25) is 0 Å². The van der Waals surface area contributed by atoms with Crippen molar-refractivity contribution >= 4 is 23.8 Å². The molecule has 1 aromatic rings. The molecule has 1 aromatic carbocycles. The summed E-state index contributed by atoms with van der Waals surface area (Å²) < 4.78 is 41.6. The first-order valence-corrected chi connectivity index (χ1v) is 12.4. The van der Waals surface area contributed by atoms with Crippen molar-refractivity contribution in [3.05, 3.63) is 51.5 Å². The molecule has 1 saturated carbocycles. The molecule has 1 heterocycles. The van der Waals surface area contributed by atoms with E-state index in [0.717, 1.165) is 60.3 Å². The monoisotopic (exact) mass is 428 g/mol.